The molecule has 0 aromatic heterocycles. The quantitative estimate of drug-likeness (QED) is 0.0570. The lowest BCUT2D eigenvalue weighted by atomic mass is 9.52. The van der Waals surface area contributed by atoms with Gasteiger partial charge in [0.2, 0.25) is 6.10 Å². The molecule has 3 heterocycles. The van der Waals surface area contributed by atoms with Crippen LogP contribution in [0.25, 0.3) is 0 Å². The zero-order valence-electron chi connectivity index (χ0n) is 52.4. The van der Waals surface area contributed by atoms with E-state index in [2.05, 4.69) is 13.8 Å². The van der Waals surface area contributed by atoms with Crippen molar-refractivity contribution < 1.29 is 89.7 Å². The average molecular weight is 1200 g/mol. The topological polar surface area (TPSA) is 201 Å². The highest BCUT2D eigenvalue weighted by Crippen LogP contribution is 2.71. The van der Waals surface area contributed by atoms with Gasteiger partial charge in [0, 0.05) is 12.3 Å². The first kappa shape index (κ1) is 66.8. The molecule has 3 N–H and O–H groups in total. The summed E-state index contributed by atoms with van der Waals surface area (Å²) in [5.41, 5.74) is -5.92. The summed E-state index contributed by atoms with van der Waals surface area (Å²) in [5, 5.41) is 29.5. The molecule has 0 aromatic rings. The van der Waals surface area contributed by atoms with Gasteiger partial charge in [0.05, 0.1) is 45.9 Å². The van der Waals surface area contributed by atoms with Crippen molar-refractivity contribution in [1.29, 1.82) is 0 Å². The summed E-state index contributed by atoms with van der Waals surface area (Å²) in [6.45, 7) is 25.2. The molecule has 15 atom stereocenters. The van der Waals surface area contributed by atoms with Gasteiger partial charge in [0.15, 0.2) is 12.2 Å². The van der Waals surface area contributed by atoms with Gasteiger partial charge in [-0.15, -0.1) is 0 Å². The Morgan fingerprint density at radius 2 is 1.15 bits per heavy atom. The number of rotatable bonds is 16. The molecule has 3 saturated heterocycles. The molecule has 19 heteroatoms. The number of hydrogen-bond donors (Lipinski definition) is 3. The lowest BCUT2D eigenvalue weighted by Crippen LogP contribution is -2.61. The standard InChI is InChI=1S/C20H32O2.C16H25F5O4.C16H26O3.C13H18O5/c1-5-19(3,4)18(21)22-20(6-2)11-14-10-15(20)17-13-8-7-12(9-13)16(14)17;1-4-13(2,3)12(23)25-9-10-5-7-14(24,8-6-10)15(17,18)11(22)16(19,20)21;1-4-14(2,3)13(17)19-16-8-11-5-12(9-16)7-15(18,6-11)10-16;1-4-13(2,3)12(15)18-9-7-5-6-8(16-7)10(9)17-11(6)14/h12-17H,5-11H2,1-4H3;10-11,22,24H,4-9H2,1-3H3;11-12,18H,4-10H2,1-3H3;6-10H,4-5H2,1-3H3. The van der Waals surface area contributed by atoms with Crippen molar-refractivity contribution in [2.75, 3.05) is 6.61 Å². The number of halogens is 5. The van der Waals surface area contributed by atoms with E-state index in [1.807, 2.05) is 62.3 Å². The summed E-state index contributed by atoms with van der Waals surface area (Å²) in [7, 11) is 0. The van der Waals surface area contributed by atoms with E-state index in [0.717, 1.165) is 81.0 Å². The number of esters is 5. The van der Waals surface area contributed by atoms with E-state index in [1.165, 1.54) is 32.1 Å². The van der Waals surface area contributed by atoms with E-state index in [1.54, 1.807) is 13.8 Å². The van der Waals surface area contributed by atoms with Gasteiger partial charge in [-0.25, -0.2) is 8.78 Å². The van der Waals surface area contributed by atoms with Crippen molar-refractivity contribution in [3.8, 4) is 0 Å². The maximum Gasteiger partial charge on any atom is 0.420 e. The van der Waals surface area contributed by atoms with Gasteiger partial charge in [-0.2, -0.15) is 13.2 Å². The summed E-state index contributed by atoms with van der Waals surface area (Å²) in [5.74, 6) is 0.370. The molecule has 9 saturated carbocycles. The summed E-state index contributed by atoms with van der Waals surface area (Å²) >= 11 is 0. The van der Waals surface area contributed by atoms with Gasteiger partial charge in [0.25, 0.3) is 0 Å². The molecule has 15 unspecified atom stereocenters. The maximum atomic E-state index is 13.9. The lowest BCUT2D eigenvalue weighted by Gasteiger charge is -2.59. The SMILES string of the molecule is CCC(C)(C)C(=O)OC1(CC)CC2CC1C1C3CCC(C3)C21.CCC(C)(C)C(=O)OC12CC3CC(CC(O)(C3)C1)C2.CCC(C)(C)C(=O)OC1C2CC3C(=O)OC1C3O2.CCC(C)(C)C(=O)OCC1CCC(O)(C(F)(F)C(O)C(F)(F)F)CC1. The molecular formula is C65H101F5O14. The number of carbonyl (C=O) groups excluding carboxylic acids is 5. The van der Waals surface area contributed by atoms with Crippen LogP contribution in [0.1, 0.15) is 225 Å². The van der Waals surface area contributed by atoms with Crippen LogP contribution in [-0.4, -0.2) is 117 Å². The normalized spacial score (nSPS) is 39.7. The number of carbonyl (C=O) groups is 5. The van der Waals surface area contributed by atoms with E-state index in [0.29, 0.717) is 43.4 Å². The number of aliphatic hydroxyl groups excluding tert-OH is 1. The van der Waals surface area contributed by atoms with Crippen LogP contribution in [0, 0.1) is 80.8 Å². The van der Waals surface area contributed by atoms with Gasteiger partial charge in [-0.1, -0.05) is 34.6 Å². The summed E-state index contributed by atoms with van der Waals surface area (Å²) in [6, 6.07) is 0. The van der Waals surface area contributed by atoms with Crippen molar-refractivity contribution in [3.05, 3.63) is 0 Å². The highest BCUT2D eigenvalue weighted by atomic mass is 19.4. The molecule has 9 aliphatic carbocycles. The Balaban J connectivity index is 0.000000147. The van der Waals surface area contributed by atoms with Gasteiger partial charge in [0.1, 0.15) is 22.9 Å². The highest BCUT2D eigenvalue weighted by molar-refractivity contribution is 5.79. The predicted octanol–water partition coefficient (Wildman–Crippen LogP) is 12.4. The van der Waals surface area contributed by atoms with Crippen molar-refractivity contribution in [2.45, 2.75) is 290 Å². The van der Waals surface area contributed by atoms with Crippen LogP contribution in [0.5, 0.6) is 0 Å². The average Bonchev–Trinajstić information content (AvgIpc) is 1.51. The second-order valence-electron chi connectivity index (χ2n) is 30.7. The van der Waals surface area contributed by atoms with Crippen molar-refractivity contribution in [1.82, 2.24) is 0 Å². The molecule has 0 amide bonds. The second-order valence-corrected chi connectivity index (χ2v) is 30.7. The minimum atomic E-state index is -5.53. The first-order chi connectivity index (χ1) is 38.8. The van der Waals surface area contributed by atoms with Crippen LogP contribution < -0.4 is 0 Å². The molecule has 0 spiro atoms. The molecule has 3 aliphatic heterocycles. The Morgan fingerprint density at radius 3 is 1.68 bits per heavy atom. The van der Waals surface area contributed by atoms with Crippen LogP contribution >= 0.6 is 0 Å². The Kier molecular flexibility index (Phi) is 18.8. The molecule has 12 aliphatic rings. The Labute approximate surface area is 495 Å². The van der Waals surface area contributed by atoms with E-state index in [-0.39, 0.29) is 84.0 Å². The molecule has 10 bridgehead atoms. The van der Waals surface area contributed by atoms with Gasteiger partial charge >= 0.3 is 41.9 Å². The summed E-state index contributed by atoms with van der Waals surface area (Å²) in [6.07, 6.45) is 5.17. The van der Waals surface area contributed by atoms with Crippen LogP contribution in [-0.2, 0) is 52.4 Å². The Hall–Kier alpha value is -3.16. The number of fused-ring (bicyclic) bond motifs is 10. The van der Waals surface area contributed by atoms with Crippen molar-refractivity contribution >= 4 is 29.8 Å². The van der Waals surface area contributed by atoms with E-state index in [4.69, 9.17) is 33.5 Å². The van der Waals surface area contributed by atoms with Crippen LogP contribution in [0.15, 0.2) is 0 Å². The molecule has 84 heavy (non-hydrogen) atoms. The largest absolute Gasteiger partial charge is 0.465 e. The van der Waals surface area contributed by atoms with E-state index < -0.39 is 76.7 Å². The predicted molar refractivity (Wildman–Crippen MR) is 299 cm³/mol. The number of aliphatic hydroxyl groups is 3. The number of hydrogen-bond acceptors (Lipinski definition) is 14. The fraction of sp³-hybridized carbons (Fsp3) is 0.923. The molecule has 12 fully saturated rings. The summed E-state index contributed by atoms with van der Waals surface area (Å²) < 4.78 is 99.0. The summed E-state index contributed by atoms with van der Waals surface area (Å²) in [4.78, 5) is 60.6. The first-order valence-corrected chi connectivity index (χ1v) is 32.1. The Morgan fingerprint density at radius 1 is 0.631 bits per heavy atom. The Bertz CT molecular complexity index is 2400. The third-order valence-electron chi connectivity index (χ3n) is 23.5. The smallest absolute Gasteiger partial charge is 0.420 e. The fourth-order valence-corrected chi connectivity index (χ4v) is 16.9. The third kappa shape index (κ3) is 12.7. The molecule has 0 radical (unpaired) electrons. The van der Waals surface area contributed by atoms with Crippen LogP contribution in [0.2, 0.25) is 0 Å². The maximum absolute atomic E-state index is 13.9. The van der Waals surface area contributed by atoms with Crippen LogP contribution in [0.3, 0.4) is 0 Å². The van der Waals surface area contributed by atoms with Crippen molar-refractivity contribution in [3.63, 3.8) is 0 Å². The molecule has 12 rings (SSSR count). The van der Waals surface area contributed by atoms with Gasteiger partial charge < -0.3 is 43.7 Å². The monoisotopic (exact) mass is 1200 g/mol. The van der Waals surface area contributed by atoms with Crippen molar-refractivity contribution in [2.24, 2.45) is 80.8 Å². The third-order valence-corrected chi connectivity index (χ3v) is 23.5. The van der Waals surface area contributed by atoms with E-state index >= 15 is 0 Å². The highest BCUT2D eigenvalue weighted by Gasteiger charge is 2.70. The number of alkyl halides is 5. The lowest BCUT2D eigenvalue weighted by molar-refractivity contribution is -0.319. The molecule has 14 nitrogen and oxygen atoms in total. The van der Waals surface area contributed by atoms with Gasteiger partial charge in [-0.3, -0.25) is 24.0 Å². The van der Waals surface area contributed by atoms with Gasteiger partial charge in [-0.05, 0) is 231 Å². The molecular weight excluding hydrogens is 1100 g/mol. The molecule has 480 valence electrons. The zero-order chi connectivity index (χ0) is 62.3. The minimum absolute atomic E-state index is 0.0312. The second kappa shape index (κ2) is 23.7. The van der Waals surface area contributed by atoms with E-state index in [9.17, 15) is 56.1 Å². The number of ether oxygens (including phenoxy) is 6. The first-order valence-electron chi connectivity index (χ1n) is 32.1. The fourth-order valence-electron chi connectivity index (χ4n) is 16.9. The minimum Gasteiger partial charge on any atom is -0.465 e. The zero-order valence-corrected chi connectivity index (χ0v) is 52.4. The van der Waals surface area contributed by atoms with Crippen LogP contribution in [0.4, 0.5) is 22.0 Å². The molecule has 0 aromatic carbocycles.